The van der Waals surface area contributed by atoms with Gasteiger partial charge in [0.25, 0.3) is 0 Å². The molecule has 1 aliphatic rings. The molecule has 0 spiro atoms. The third-order valence-electron chi connectivity index (χ3n) is 3.17. The molecule has 1 aliphatic carbocycles. The van der Waals surface area contributed by atoms with Gasteiger partial charge in [0, 0.05) is 5.54 Å². The van der Waals surface area contributed by atoms with Crippen LogP contribution in [0.1, 0.15) is 47.0 Å². The average Bonchev–Trinajstić information content (AvgIpc) is 1.82. The fraction of sp³-hybridized carbons (Fsp3) is 1.00. The molecular formula is C11H23N. The van der Waals surface area contributed by atoms with Crippen molar-refractivity contribution in [2.45, 2.75) is 52.5 Å². The number of hydrogen-bond donors (Lipinski definition) is 1. The van der Waals surface area contributed by atoms with Gasteiger partial charge in [0.15, 0.2) is 0 Å². The third-order valence-corrected chi connectivity index (χ3v) is 3.17. The second kappa shape index (κ2) is 3.02. The molecule has 0 aromatic rings. The lowest BCUT2D eigenvalue weighted by atomic mass is 9.65. The number of hydrogen-bond acceptors (Lipinski definition) is 1. The van der Waals surface area contributed by atoms with Crippen LogP contribution in [0.3, 0.4) is 0 Å². The maximum Gasteiger partial charge on any atom is 0.0158 e. The van der Waals surface area contributed by atoms with E-state index in [0.29, 0.717) is 11.0 Å². The molecule has 1 saturated carbocycles. The maximum absolute atomic E-state index is 3.47. The molecule has 1 heteroatoms. The van der Waals surface area contributed by atoms with Gasteiger partial charge in [0.2, 0.25) is 0 Å². The van der Waals surface area contributed by atoms with Crippen LogP contribution in [-0.4, -0.2) is 12.6 Å². The van der Waals surface area contributed by atoms with Crippen LogP contribution in [0.5, 0.6) is 0 Å². The zero-order chi connectivity index (χ0) is 9.41. The number of nitrogens with one attached hydrogen (secondary N) is 1. The molecule has 72 valence electrons. The summed E-state index contributed by atoms with van der Waals surface area (Å²) in [5.74, 6) is 0.867. The number of rotatable bonds is 1. The van der Waals surface area contributed by atoms with Crippen LogP contribution in [0, 0.1) is 11.3 Å². The van der Waals surface area contributed by atoms with Crippen molar-refractivity contribution in [1.29, 1.82) is 0 Å². The normalized spacial score (nSPS) is 41.2. The van der Waals surface area contributed by atoms with Gasteiger partial charge in [-0.3, -0.25) is 0 Å². The van der Waals surface area contributed by atoms with Crippen molar-refractivity contribution in [2.24, 2.45) is 11.3 Å². The van der Waals surface area contributed by atoms with E-state index in [2.05, 4.69) is 40.1 Å². The van der Waals surface area contributed by atoms with Crippen molar-refractivity contribution in [3.05, 3.63) is 0 Å². The monoisotopic (exact) mass is 169 g/mol. The molecule has 0 amide bonds. The highest BCUT2D eigenvalue weighted by Gasteiger charge is 2.38. The van der Waals surface area contributed by atoms with Gasteiger partial charge in [0.1, 0.15) is 0 Å². The smallest absolute Gasteiger partial charge is 0.0158 e. The van der Waals surface area contributed by atoms with E-state index < -0.39 is 0 Å². The quantitative estimate of drug-likeness (QED) is 0.636. The predicted molar refractivity (Wildman–Crippen MR) is 54.3 cm³/mol. The van der Waals surface area contributed by atoms with Crippen LogP contribution < -0.4 is 5.32 Å². The summed E-state index contributed by atoms with van der Waals surface area (Å²) < 4.78 is 0. The van der Waals surface area contributed by atoms with Crippen molar-refractivity contribution >= 4 is 0 Å². The summed E-state index contributed by atoms with van der Waals surface area (Å²) in [6.45, 7) is 9.50. The average molecular weight is 169 g/mol. The molecule has 1 nitrogen and oxygen atoms in total. The predicted octanol–water partition coefficient (Wildman–Crippen LogP) is 2.81. The molecule has 0 aromatic heterocycles. The highest BCUT2D eigenvalue weighted by molar-refractivity contribution is 4.94. The lowest BCUT2D eigenvalue weighted by Crippen LogP contribution is -2.48. The van der Waals surface area contributed by atoms with Crippen molar-refractivity contribution < 1.29 is 0 Å². The second-order valence-corrected chi connectivity index (χ2v) is 5.67. The molecule has 0 aromatic carbocycles. The van der Waals surface area contributed by atoms with Gasteiger partial charge in [-0.1, -0.05) is 20.8 Å². The Bertz CT molecular complexity index is 162. The van der Waals surface area contributed by atoms with Gasteiger partial charge < -0.3 is 5.32 Å². The lowest BCUT2D eigenvalue weighted by Gasteiger charge is -2.45. The van der Waals surface area contributed by atoms with Crippen LogP contribution in [0.4, 0.5) is 0 Å². The van der Waals surface area contributed by atoms with E-state index >= 15 is 0 Å². The molecule has 0 bridgehead atoms. The van der Waals surface area contributed by atoms with Crippen LogP contribution in [-0.2, 0) is 0 Å². The van der Waals surface area contributed by atoms with Crippen molar-refractivity contribution in [3.63, 3.8) is 0 Å². The summed E-state index contributed by atoms with van der Waals surface area (Å²) in [5, 5.41) is 3.47. The summed E-state index contributed by atoms with van der Waals surface area (Å²) in [7, 11) is 2.09. The Morgan fingerprint density at radius 1 is 1.17 bits per heavy atom. The van der Waals surface area contributed by atoms with Crippen molar-refractivity contribution in [1.82, 2.24) is 5.32 Å². The Morgan fingerprint density at radius 2 is 1.75 bits per heavy atom. The van der Waals surface area contributed by atoms with Gasteiger partial charge >= 0.3 is 0 Å². The first kappa shape index (κ1) is 10.0. The summed E-state index contributed by atoms with van der Waals surface area (Å²) in [5.41, 5.74) is 0.899. The molecule has 0 aliphatic heterocycles. The molecule has 1 rings (SSSR count). The van der Waals surface area contributed by atoms with Gasteiger partial charge in [-0.15, -0.1) is 0 Å². The third kappa shape index (κ3) is 2.22. The lowest BCUT2D eigenvalue weighted by molar-refractivity contribution is 0.0987. The van der Waals surface area contributed by atoms with Gasteiger partial charge in [-0.2, -0.15) is 0 Å². The van der Waals surface area contributed by atoms with E-state index in [1.807, 2.05) is 0 Å². The fourth-order valence-corrected chi connectivity index (χ4v) is 3.18. The zero-order valence-corrected chi connectivity index (χ0v) is 9.20. The minimum atomic E-state index is 0.376. The topological polar surface area (TPSA) is 12.0 Å². The van der Waals surface area contributed by atoms with Crippen LogP contribution in [0.25, 0.3) is 0 Å². The van der Waals surface area contributed by atoms with E-state index in [1.54, 1.807) is 0 Å². The van der Waals surface area contributed by atoms with E-state index in [0.717, 1.165) is 5.92 Å². The minimum absolute atomic E-state index is 0.376. The molecule has 0 radical (unpaired) electrons. The molecule has 1 N–H and O–H groups in total. The minimum Gasteiger partial charge on any atom is -0.315 e. The van der Waals surface area contributed by atoms with Crippen LogP contribution >= 0.6 is 0 Å². The Labute approximate surface area is 76.9 Å². The molecule has 1 fully saturated rings. The summed E-state index contributed by atoms with van der Waals surface area (Å²) in [4.78, 5) is 0. The highest BCUT2D eigenvalue weighted by atomic mass is 14.9. The highest BCUT2D eigenvalue weighted by Crippen LogP contribution is 2.43. The first-order valence-electron chi connectivity index (χ1n) is 5.06. The Balaban J connectivity index is 2.70. The molecular weight excluding hydrogens is 146 g/mol. The van der Waals surface area contributed by atoms with Crippen molar-refractivity contribution in [2.75, 3.05) is 7.05 Å². The van der Waals surface area contributed by atoms with Gasteiger partial charge in [-0.25, -0.2) is 0 Å². The molecule has 12 heavy (non-hydrogen) atoms. The van der Waals surface area contributed by atoms with E-state index in [4.69, 9.17) is 0 Å². The van der Waals surface area contributed by atoms with Crippen LogP contribution in [0.15, 0.2) is 0 Å². The summed E-state index contributed by atoms with van der Waals surface area (Å²) in [6, 6.07) is 0. The first-order chi connectivity index (χ1) is 5.37. The fourth-order valence-electron chi connectivity index (χ4n) is 3.18. The summed E-state index contributed by atoms with van der Waals surface area (Å²) in [6.07, 6.45) is 4.01. The Hall–Kier alpha value is -0.0400. The molecule has 0 heterocycles. The first-order valence-corrected chi connectivity index (χ1v) is 5.06. The molecule has 2 atom stereocenters. The van der Waals surface area contributed by atoms with E-state index in [-0.39, 0.29) is 0 Å². The Morgan fingerprint density at radius 3 is 2.17 bits per heavy atom. The van der Waals surface area contributed by atoms with Crippen LogP contribution in [0.2, 0.25) is 0 Å². The van der Waals surface area contributed by atoms with E-state index in [1.165, 1.54) is 19.3 Å². The second-order valence-electron chi connectivity index (χ2n) is 5.67. The largest absolute Gasteiger partial charge is 0.315 e. The SMILES string of the molecule is CNC1(C)CC(C)CC(C)(C)C1. The summed E-state index contributed by atoms with van der Waals surface area (Å²) >= 11 is 0. The maximum atomic E-state index is 3.47. The molecule has 0 saturated heterocycles. The standard InChI is InChI=1S/C11H23N/c1-9-6-10(2,3)8-11(4,7-9)12-5/h9,12H,6-8H2,1-5H3. The molecule has 2 unspecified atom stereocenters. The van der Waals surface area contributed by atoms with E-state index in [9.17, 15) is 0 Å². The van der Waals surface area contributed by atoms with Gasteiger partial charge in [0.05, 0.1) is 0 Å². The van der Waals surface area contributed by atoms with Crippen molar-refractivity contribution in [3.8, 4) is 0 Å². The van der Waals surface area contributed by atoms with Gasteiger partial charge in [-0.05, 0) is 44.6 Å². The zero-order valence-electron chi connectivity index (χ0n) is 9.20. The Kier molecular flexibility index (Phi) is 2.53.